The summed E-state index contributed by atoms with van der Waals surface area (Å²) in [6.07, 6.45) is 0.525. The van der Waals surface area contributed by atoms with Crippen molar-refractivity contribution >= 4 is 24.4 Å². The highest BCUT2D eigenvalue weighted by Crippen LogP contribution is 2.33. The van der Waals surface area contributed by atoms with Crippen LogP contribution in [0.15, 0.2) is 9.98 Å². The normalized spacial score (nSPS) is 33.2. The molecular formula is C8H12N6O4S. The zero-order valence-corrected chi connectivity index (χ0v) is 11.0. The van der Waals surface area contributed by atoms with Crippen molar-refractivity contribution in [1.82, 2.24) is 9.80 Å². The Balaban J connectivity index is 2.11. The lowest BCUT2D eigenvalue weighted by molar-refractivity contribution is -0.522. The number of rotatable bonds is 4. The average molecular weight is 288 g/mol. The summed E-state index contributed by atoms with van der Waals surface area (Å²) in [5, 5.41) is 20.6. The van der Waals surface area contributed by atoms with Crippen molar-refractivity contribution in [3.8, 4) is 0 Å². The molecule has 104 valence electrons. The molecule has 0 bridgehead atoms. The van der Waals surface area contributed by atoms with Crippen LogP contribution in [0.3, 0.4) is 0 Å². The van der Waals surface area contributed by atoms with E-state index in [1.165, 1.54) is 12.7 Å². The third kappa shape index (κ3) is 2.45. The van der Waals surface area contributed by atoms with Gasteiger partial charge in [0, 0.05) is 14.1 Å². The summed E-state index contributed by atoms with van der Waals surface area (Å²) in [4.78, 5) is 31.6. The zero-order valence-electron chi connectivity index (χ0n) is 10.2. The van der Waals surface area contributed by atoms with Crippen molar-refractivity contribution in [3.63, 3.8) is 0 Å². The number of nitro groups is 2. The van der Waals surface area contributed by atoms with Gasteiger partial charge in [-0.05, 0) is 0 Å². The molecule has 2 aliphatic heterocycles. The molecule has 4 atom stereocenters. The Bertz CT molecular complexity index is 417. The van der Waals surface area contributed by atoms with E-state index in [0.29, 0.717) is 0 Å². The third-order valence-corrected chi connectivity index (χ3v) is 4.54. The van der Waals surface area contributed by atoms with Crippen LogP contribution in [0.25, 0.3) is 0 Å². The minimum absolute atomic E-state index is 0.491. The van der Waals surface area contributed by atoms with Gasteiger partial charge in [-0.1, -0.05) is 11.8 Å². The maximum absolute atomic E-state index is 10.9. The second kappa shape index (κ2) is 4.99. The van der Waals surface area contributed by atoms with E-state index in [2.05, 4.69) is 9.98 Å². The molecule has 0 radical (unpaired) electrons. The Kier molecular flexibility index (Phi) is 3.55. The molecule has 19 heavy (non-hydrogen) atoms. The van der Waals surface area contributed by atoms with Gasteiger partial charge in [-0.2, -0.15) is 0 Å². The monoisotopic (exact) mass is 288 g/mol. The van der Waals surface area contributed by atoms with Crippen LogP contribution in [-0.2, 0) is 0 Å². The van der Waals surface area contributed by atoms with Gasteiger partial charge >= 0.3 is 12.3 Å². The van der Waals surface area contributed by atoms with Crippen molar-refractivity contribution in [3.05, 3.63) is 20.2 Å². The Morgan fingerprint density at radius 1 is 1.00 bits per heavy atom. The van der Waals surface area contributed by atoms with Crippen molar-refractivity contribution in [1.29, 1.82) is 0 Å². The van der Waals surface area contributed by atoms with E-state index < -0.39 is 32.9 Å². The Labute approximate surface area is 112 Å². The highest BCUT2D eigenvalue weighted by molar-refractivity contribution is 8.00. The lowest BCUT2D eigenvalue weighted by atomic mass is 10.5. The van der Waals surface area contributed by atoms with Crippen molar-refractivity contribution in [2.24, 2.45) is 9.98 Å². The number of hydrogen-bond acceptors (Lipinski definition) is 9. The fourth-order valence-electron chi connectivity index (χ4n) is 1.84. The first-order chi connectivity index (χ1) is 8.91. The molecule has 0 spiro atoms. The number of hydrogen-bond donors (Lipinski definition) is 0. The van der Waals surface area contributed by atoms with Crippen LogP contribution in [0, 0.1) is 20.2 Å². The summed E-state index contributed by atoms with van der Waals surface area (Å²) in [5.74, 6) is 0. The number of nitrogens with zero attached hydrogens (tertiary/aromatic N) is 6. The van der Waals surface area contributed by atoms with Crippen LogP contribution in [-0.4, -0.2) is 69.5 Å². The predicted octanol–water partition coefficient (Wildman–Crippen LogP) is -0.475. The molecule has 0 aromatic heterocycles. The van der Waals surface area contributed by atoms with Crippen molar-refractivity contribution < 1.29 is 9.85 Å². The third-order valence-electron chi connectivity index (χ3n) is 2.83. The molecule has 0 N–H and O–H groups in total. The second-order valence-electron chi connectivity index (χ2n) is 4.18. The van der Waals surface area contributed by atoms with Gasteiger partial charge in [0.05, 0.1) is 22.5 Å². The van der Waals surface area contributed by atoms with Crippen LogP contribution >= 0.6 is 11.8 Å². The highest BCUT2D eigenvalue weighted by Gasteiger charge is 2.46. The molecule has 0 aliphatic carbocycles. The fourth-order valence-corrected chi connectivity index (χ4v) is 3.24. The Hall–Kier alpha value is -1.91. The van der Waals surface area contributed by atoms with Crippen LogP contribution in [0.2, 0.25) is 0 Å². The summed E-state index contributed by atoms with van der Waals surface area (Å²) >= 11 is 1.12. The molecule has 0 amide bonds. The molecular weight excluding hydrogens is 276 g/mol. The first-order valence-corrected chi connectivity index (χ1v) is 6.29. The molecule has 4 unspecified atom stereocenters. The maximum atomic E-state index is 10.9. The minimum Gasteiger partial charge on any atom is -0.346 e. The van der Waals surface area contributed by atoms with Gasteiger partial charge in [0.15, 0.2) is 10.7 Å². The maximum Gasteiger partial charge on any atom is 0.334 e. The van der Waals surface area contributed by atoms with E-state index in [9.17, 15) is 20.2 Å². The molecule has 0 saturated heterocycles. The SMILES string of the molecule is CN1C=NC([N+](=O)[O-])C1SC1C([N+](=O)[O-])N=CN1C. The van der Waals surface area contributed by atoms with Gasteiger partial charge in [0.25, 0.3) is 0 Å². The van der Waals surface area contributed by atoms with E-state index in [1.54, 1.807) is 23.9 Å². The molecule has 0 aromatic rings. The van der Waals surface area contributed by atoms with Crippen LogP contribution in [0.4, 0.5) is 0 Å². The second-order valence-corrected chi connectivity index (χ2v) is 5.41. The smallest absolute Gasteiger partial charge is 0.334 e. The molecule has 0 aromatic carbocycles. The Morgan fingerprint density at radius 3 is 1.68 bits per heavy atom. The summed E-state index contributed by atoms with van der Waals surface area (Å²) in [5.41, 5.74) is 0. The van der Waals surface area contributed by atoms with E-state index >= 15 is 0 Å². The van der Waals surface area contributed by atoms with E-state index in [0.717, 1.165) is 11.8 Å². The quantitative estimate of drug-likeness (QED) is 0.506. The molecule has 2 rings (SSSR count). The molecule has 10 nitrogen and oxygen atoms in total. The Morgan fingerprint density at radius 2 is 1.37 bits per heavy atom. The lowest BCUT2D eigenvalue weighted by Crippen LogP contribution is -2.43. The first-order valence-electron chi connectivity index (χ1n) is 5.34. The van der Waals surface area contributed by atoms with Gasteiger partial charge < -0.3 is 9.80 Å². The standard InChI is InChI=1S/C8H12N6O4S/c1-11-3-9-5(13(15)16)7(11)19-8-6(14(17)18)10-4-12(8)2/h3-8H,1-2H3. The van der Waals surface area contributed by atoms with Crippen LogP contribution < -0.4 is 0 Å². The fraction of sp³-hybridized carbons (Fsp3) is 0.750. The average Bonchev–Trinajstić information content (AvgIpc) is 2.85. The van der Waals surface area contributed by atoms with Crippen LogP contribution in [0.5, 0.6) is 0 Å². The van der Waals surface area contributed by atoms with Crippen molar-refractivity contribution in [2.45, 2.75) is 23.1 Å². The molecule has 11 heteroatoms. The molecule has 0 fully saturated rings. The summed E-state index contributed by atoms with van der Waals surface area (Å²) in [7, 11) is 3.31. The highest BCUT2D eigenvalue weighted by atomic mass is 32.2. The predicted molar refractivity (Wildman–Crippen MR) is 69.2 cm³/mol. The topological polar surface area (TPSA) is 117 Å². The summed E-state index contributed by atoms with van der Waals surface area (Å²) in [6.45, 7) is 0. The number of thioether (sulfide) groups is 1. The van der Waals surface area contributed by atoms with E-state index in [-0.39, 0.29) is 0 Å². The minimum atomic E-state index is -1.11. The van der Waals surface area contributed by atoms with E-state index in [1.807, 2.05) is 0 Å². The largest absolute Gasteiger partial charge is 0.346 e. The van der Waals surface area contributed by atoms with Gasteiger partial charge in [-0.15, -0.1) is 0 Å². The zero-order chi connectivity index (χ0) is 14.2. The molecule has 0 saturated carbocycles. The van der Waals surface area contributed by atoms with Crippen LogP contribution in [0.1, 0.15) is 0 Å². The lowest BCUT2D eigenvalue weighted by Gasteiger charge is -2.26. The van der Waals surface area contributed by atoms with E-state index in [4.69, 9.17) is 0 Å². The summed E-state index contributed by atoms with van der Waals surface area (Å²) < 4.78 is 0. The number of aliphatic imine (C=N–C) groups is 2. The molecule has 2 aliphatic rings. The first kappa shape index (κ1) is 13.5. The van der Waals surface area contributed by atoms with Gasteiger partial charge in [0.1, 0.15) is 0 Å². The van der Waals surface area contributed by atoms with Gasteiger partial charge in [-0.25, -0.2) is 9.98 Å². The van der Waals surface area contributed by atoms with Gasteiger partial charge in [-0.3, -0.25) is 20.2 Å². The number of likely N-dealkylation sites (N-methyl/N-ethyl adjacent to an activating group) is 2. The van der Waals surface area contributed by atoms with Gasteiger partial charge in [0.2, 0.25) is 0 Å². The summed E-state index contributed by atoms with van der Waals surface area (Å²) in [6, 6.07) is 0. The molecule has 2 heterocycles. The van der Waals surface area contributed by atoms with Crippen molar-refractivity contribution in [2.75, 3.05) is 14.1 Å².